The standard InChI is InChI=1S/C15H22N2S/c1-3-4-5-6-10-18-11-14-16-13-9-7-8-12(2)15(13)17-14/h7-9H,3-6,10-11H2,1-2H3,(H,16,17). The third-order valence-electron chi connectivity index (χ3n) is 3.14. The summed E-state index contributed by atoms with van der Waals surface area (Å²) < 4.78 is 0. The summed E-state index contributed by atoms with van der Waals surface area (Å²) in [7, 11) is 0. The van der Waals surface area contributed by atoms with Gasteiger partial charge in [0.2, 0.25) is 0 Å². The van der Waals surface area contributed by atoms with Gasteiger partial charge in [0.1, 0.15) is 5.82 Å². The second-order valence-corrected chi connectivity index (χ2v) is 5.87. The first kappa shape index (κ1) is 13.5. The lowest BCUT2D eigenvalue weighted by Gasteiger charge is -1.98. The van der Waals surface area contributed by atoms with Crippen molar-refractivity contribution in [3.8, 4) is 0 Å². The summed E-state index contributed by atoms with van der Waals surface area (Å²) in [6.07, 6.45) is 5.37. The minimum atomic E-state index is 1.00. The molecular weight excluding hydrogens is 240 g/mol. The van der Waals surface area contributed by atoms with E-state index in [4.69, 9.17) is 0 Å². The van der Waals surface area contributed by atoms with E-state index in [-0.39, 0.29) is 0 Å². The molecule has 0 radical (unpaired) electrons. The maximum absolute atomic E-state index is 4.67. The van der Waals surface area contributed by atoms with E-state index in [2.05, 4.69) is 42.0 Å². The SMILES string of the molecule is CCCCCCSCc1nc2c(C)cccc2[nH]1. The third-order valence-corrected chi connectivity index (χ3v) is 4.20. The minimum Gasteiger partial charge on any atom is -0.341 e. The molecule has 0 aliphatic heterocycles. The molecule has 0 unspecified atom stereocenters. The molecule has 0 spiro atoms. The van der Waals surface area contributed by atoms with E-state index in [0.29, 0.717) is 0 Å². The van der Waals surface area contributed by atoms with Gasteiger partial charge in [-0.1, -0.05) is 38.3 Å². The lowest BCUT2D eigenvalue weighted by atomic mass is 10.2. The summed E-state index contributed by atoms with van der Waals surface area (Å²) in [6.45, 7) is 4.37. The lowest BCUT2D eigenvalue weighted by molar-refractivity contribution is 0.706. The number of para-hydroxylation sites is 1. The average molecular weight is 262 g/mol. The molecule has 1 heterocycles. The van der Waals surface area contributed by atoms with Gasteiger partial charge in [-0.15, -0.1) is 0 Å². The summed E-state index contributed by atoms with van der Waals surface area (Å²) >= 11 is 1.98. The number of nitrogens with zero attached hydrogens (tertiary/aromatic N) is 1. The Bertz CT molecular complexity index is 490. The van der Waals surface area contributed by atoms with Crippen molar-refractivity contribution in [1.82, 2.24) is 9.97 Å². The van der Waals surface area contributed by atoms with E-state index in [1.54, 1.807) is 0 Å². The second kappa shape index (κ2) is 6.83. The van der Waals surface area contributed by atoms with Crippen LogP contribution in [0.2, 0.25) is 0 Å². The number of hydrogen-bond acceptors (Lipinski definition) is 2. The monoisotopic (exact) mass is 262 g/mol. The van der Waals surface area contributed by atoms with Crippen molar-refractivity contribution < 1.29 is 0 Å². The van der Waals surface area contributed by atoms with Gasteiger partial charge in [-0.25, -0.2) is 4.98 Å². The fourth-order valence-corrected chi connectivity index (χ4v) is 2.98. The van der Waals surface area contributed by atoms with Crippen molar-refractivity contribution in [3.63, 3.8) is 0 Å². The molecule has 1 aromatic carbocycles. The van der Waals surface area contributed by atoms with E-state index in [1.807, 2.05) is 11.8 Å². The fourth-order valence-electron chi connectivity index (χ4n) is 2.09. The van der Waals surface area contributed by atoms with Crippen molar-refractivity contribution in [3.05, 3.63) is 29.6 Å². The first-order chi connectivity index (χ1) is 8.81. The van der Waals surface area contributed by atoms with Gasteiger partial charge in [0.15, 0.2) is 0 Å². The Hall–Kier alpha value is -0.960. The van der Waals surface area contributed by atoms with Gasteiger partial charge in [0, 0.05) is 0 Å². The Kier molecular flexibility index (Phi) is 5.12. The highest BCUT2D eigenvalue weighted by Gasteiger charge is 2.04. The molecule has 98 valence electrons. The molecule has 1 aromatic heterocycles. The van der Waals surface area contributed by atoms with Crippen molar-refractivity contribution in [1.29, 1.82) is 0 Å². The summed E-state index contributed by atoms with van der Waals surface area (Å²) in [5.41, 5.74) is 3.54. The van der Waals surface area contributed by atoms with Crippen LogP contribution in [0.3, 0.4) is 0 Å². The number of thioether (sulfide) groups is 1. The van der Waals surface area contributed by atoms with E-state index in [9.17, 15) is 0 Å². The highest BCUT2D eigenvalue weighted by atomic mass is 32.2. The average Bonchev–Trinajstić information content (AvgIpc) is 2.78. The van der Waals surface area contributed by atoms with Crippen LogP contribution in [0.15, 0.2) is 18.2 Å². The van der Waals surface area contributed by atoms with Crippen LogP contribution in [0, 0.1) is 6.92 Å². The molecule has 0 bridgehead atoms. The van der Waals surface area contributed by atoms with Gasteiger partial charge >= 0.3 is 0 Å². The van der Waals surface area contributed by atoms with E-state index in [0.717, 1.165) is 22.6 Å². The molecule has 18 heavy (non-hydrogen) atoms. The summed E-state index contributed by atoms with van der Waals surface area (Å²) in [5.74, 6) is 3.36. The molecule has 1 N–H and O–H groups in total. The van der Waals surface area contributed by atoms with Crippen LogP contribution in [0.1, 0.15) is 44.0 Å². The quantitative estimate of drug-likeness (QED) is 0.734. The van der Waals surface area contributed by atoms with Gasteiger partial charge in [0.05, 0.1) is 16.8 Å². The number of aromatic nitrogens is 2. The number of H-pyrrole nitrogens is 1. The number of fused-ring (bicyclic) bond motifs is 1. The first-order valence-corrected chi connectivity index (χ1v) is 7.98. The van der Waals surface area contributed by atoms with Crippen molar-refractivity contribution >= 4 is 22.8 Å². The maximum atomic E-state index is 4.67. The molecule has 0 saturated heterocycles. The molecule has 0 saturated carbocycles. The predicted octanol–water partition coefficient (Wildman–Crippen LogP) is 4.68. The molecule has 0 aliphatic rings. The van der Waals surface area contributed by atoms with Crippen LogP contribution >= 0.6 is 11.8 Å². The molecule has 2 nitrogen and oxygen atoms in total. The number of nitrogens with one attached hydrogen (secondary N) is 1. The fraction of sp³-hybridized carbons (Fsp3) is 0.533. The largest absolute Gasteiger partial charge is 0.341 e. The Balaban J connectivity index is 1.83. The number of hydrogen-bond donors (Lipinski definition) is 1. The number of aryl methyl sites for hydroxylation is 1. The van der Waals surface area contributed by atoms with E-state index < -0.39 is 0 Å². The van der Waals surface area contributed by atoms with Crippen molar-refractivity contribution in [2.75, 3.05) is 5.75 Å². The molecular formula is C15H22N2S. The van der Waals surface area contributed by atoms with Gasteiger partial charge in [-0.05, 0) is 30.7 Å². The van der Waals surface area contributed by atoms with Gasteiger partial charge in [-0.3, -0.25) is 0 Å². The van der Waals surface area contributed by atoms with Gasteiger partial charge in [-0.2, -0.15) is 11.8 Å². The Labute approximate surface area is 114 Å². The van der Waals surface area contributed by atoms with Crippen LogP contribution in [-0.4, -0.2) is 15.7 Å². The predicted molar refractivity (Wildman–Crippen MR) is 81.1 cm³/mol. The molecule has 0 aliphatic carbocycles. The highest BCUT2D eigenvalue weighted by molar-refractivity contribution is 7.98. The van der Waals surface area contributed by atoms with Crippen LogP contribution in [0.4, 0.5) is 0 Å². The molecule has 2 rings (SSSR count). The Morgan fingerprint density at radius 2 is 2.11 bits per heavy atom. The van der Waals surface area contributed by atoms with Crippen LogP contribution in [0.5, 0.6) is 0 Å². The van der Waals surface area contributed by atoms with Gasteiger partial charge < -0.3 is 4.98 Å². The van der Waals surface area contributed by atoms with Crippen LogP contribution in [-0.2, 0) is 5.75 Å². The topological polar surface area (TPSA) is 28.7 Å². The number of aromatic amines is 1. The van der Waals surface area contributed by atoms with E-state index >= 15 is 0 Å². The zero-order valence-corrected chi connectivity index (χ0v) is 12.1. The zero-order valence-electron chi connectivity index (χ0n) is 11.3. The highest BCUT2D eigenvalue weighted by Crippen LogP contribution is 2.19. The van der Waals surface area contributed by atoms with Crippen LogP contribution in [0.25, 0.3) is 11.0 Å². The summed E-state index contributed by atoms with van der Waals surface area (Å²) in [5, 5.41) is 0. The van der Waals surface area contributed by atoms with Gasteiger partial charge in [0.25, 0.3) is 0 Å². The minimum absolute atomic E-state index is 1.00. The molecule has 3 heteroatoms. The molecule has 0 fully saturated rings. The zero-order chi connectivity index (χ0) is 12.8. The molecule has 0 amide bonds. The number of rotatable bonds is 7. The lowest BCUT2D eigenvalue weighted by Crippen LogP contribution is -1.86. The third kappa shape index (κ3) is 3.52. The number of unbranched alkanes of at least 4 members (excludes halogenated alkanes) is 3. The molecule has 0 atom stereocenters. The number of imidazole rings is 1. The second-order valence-electron chi connectivity index (χ2n) is 4.77. The first-order valence-electron chi connectivity index (χ1n) is 6.83. The Morgan fingerprint density at radius 3 is 2.89 bits per heavy atom. The van der Waals surface area contributed by atoms with Crippen LogP contribution < -0.4 is 0 Å². The van der Waals surface area contributed by atoms with E-state index in [1.165, 1.54) is 37.0 Å². The van der Waals surface area contributed by atoms with Crippen molar-refractivity contribution in [2.24, 2.45) is 0 Å². The maximum Gasteiger partial charge on any atom is 0.117 e. The summed E-state index contributed by atoms with van der Waals surface area (Å²) in [4.78, 5) is 8.08. The van der Waals surface area contributed by atoms with Crippen molar-refractivity contribution in [2.45, 2.75) is 45.3 Å². The normalized spacial score (nSPS) is 11.2. The summed E-state index contributed by atoms with van der Waals surface area (Å²) in [6, 6.07) is 6.30. The Morgan fingerprint density at radius 1 is 1.22 bits per heavy atom. The number of benzene rings is 1. The smallest absolute Gasteiger partial charge is 0.117 e. The molecule has 2 aromatic rings.